The van der Waals surface area contributed by atoms with Gasteiger partial charge in [0.25, 0.3) is 0 Å². The molecule has 1 aromatic rings. The van der Waals surface area contributed by atoms with Crippen LogP contribution in [0.3, 0.4) is 0 Å². The van der Waals surface area contributed by atoms with E-state index in [1.165, 1.54) is 13.2 Å². The van der Waals surface area contributed by atoms with Crippen LogP contribution in [-0.4, -0.2) is 34.5 Å². The van der Waals surface area contributed by atoms with Gasteiger partial charge >= 0.3 is 5.97 Å². The lowest BCUT2D eigenvalue weighted by Gasteiger charge is -2.09. The minimum Gasteiger partial charge on any atom is -0.504 e. The molecule has 1 atom stereocenters. The number of phenolic OH excluding ortho intramolecular Hbond substituents is 1. The second kappa shape index (κ2) is 6.10. The third-order valence-corrected chi connectivity index (χ3v) is 2.42. The first kappa shape index (κ1) is 13.3. The number of ether oxygens (including phenoxy) is 1. The first-order valence-electron chi connectivity index (χ1n) is 5.28. The van der Waals surface area contributed by atoms with E-state index in [0.717, 1.165) is 5.56 Å². The van der Waals surface area contributed by atoms with E-state index in [2.05, 4.69) is 0 Å². The van der Waals surface area contributed by atoms with E-state index in [0.29, 0.717) is 18.6 Å². The topological polar surface area (TPSA) is 87.0 Å². The van der Waals surface area contributed by atoms with Crippen LogP contribution < -0.4 is 4.74 Å². The summed E-state index contributed by atoms with van der Waals surface area (Å²) in [6.45, 7) is 0. The van der Waals surface area contributed by atoms with E-state index < -0.39 is 12.1 Å². The smallest absolute Gasteiger partial charge is 0.305 e. The molecule has 0 aromatic heterocycles. The molecule has 5 nitrogen and oxygen atoms in total. The summed E-state index contributed by atoms with van der Waals surface area (Å²) in [7, 11) is 1.46. The maximum atomic E-state index is 10.4. The van der Waals surface area contributed by atoms with E-state index in [1.807, 2.05) is 0 Å². The summed E-state index contributed by atoms with van der Waals surface area (Å²) >= 11 is 0. The number of aryl methyl sites for hydroxylation is 1. The number of hydrogen-bond donors (Lipinski definition) is 3. The number of methoxy groups -OCH3 is 1. The molecule has 0 aliphatic carbocycles. The van der Waals surface area contributed by atoms with Crippen LogP contribution in [0.5, 0.6) is 11.5 Å². The van der Waals surface area contributed by atoms with E-state index in [9.17, 15) is 15.0 Å². The van der Waals surface area contributed by atoms with E-state index in [1.54, 1.807) is 12.1 Å². The number of rotatable bonds is 6. The Morgan fingerprint density at radius 1 is 1.47 bits per heavy atom. The Morgan fingerprint density at radius 3 is 2.76 bits per heavy atom. The van der Waals surface area contributed by atoms with Crippen LogP contribution >= 0.6 is 0 Å². The third kappa shape index (κ3) is 4.32. The Labute approximate surface area is 99.3 Å². The largest absolute Gasteiger partial charge is 0.504 e. The number of aliphatic hydroxyl groups excluding tert-OH is 1. The Morgan fingerprint density at radius 2 is 2.18 bits per heavy atom. The molecule has 0 saturated heterocycles. The van der Waals surface area contributed by atoms with Crippen LogP contribution in [0.4, 0.5) is 0 Å². The number of carboxylic acid groups (broad SMARTS) is 1. The molecule has 3 N–H and O–H groups in total. The van der Waals surface area contributed by atoms with Gasteiger partial charge in [-0.15, -0.1) is 0 Å². The molecule has 1 unspecified atom stereocenters. The third-order valence-electron chi connectivity index (χ3n) is 2.42. The van der Waals surface area contributed by atoms with Gasteiger partial charge in [-0.05, 0) is 30.5 Å². The number of aliphatic hydroxyl groups is 1. The average molecular weight is 240 g/mol. The van der Waals surface area contributed by atoms with Gasteiger partial charge in [-0.3, -0.25) is 4.79 Å². The van der Waals surface area contributed by atoms with Gasteiger partial charge in [-0.2, -0.15) is 0 Å². The summed E-state index contributed by atoms with van der Waals surface area (Å²) in [5, 5.41) is 27.3. The van der Waals surface area contributed by atoms with Gasteiger partial charge in [-0.1, -0.05) is 6.07 Å². The number of benzene rings is 1. The van der Waals surface area contributed by atoms with Crippen LogP contribution in [0.2, 0.25) is 0 Å². The van der Waals surface area contributed by atoms with Crippen molar-refractivity contribution < 1.29 is 24.9 Å². The molecule has 0 fully saturated rings. The fourth-order valence-corrected chi connectivity index (χ4v) is 1.51. The van der Waals surface area contributed by atoms with Crippen LogP contribution in [0, 0.1) is 0 Å². The second-order valence-corrected chi connectivity index (χ2v) is 3.80. The van der Waals surface area contributed by atoms with Crippen molar-refractivity contribution in [2.45, 2.75) is 25.4 Å². The molecule has 0 aliphatic rings. The first-order valence-corrected chi connectivity index (χ1v) is 5.28. The summed E-state index contributed by atoms with van der Waals surface area (Å²) < 4.78 is 4.95. The molecule has 1 rings (SSSR count). The highest BCUT2D eigenvalue weighted by Gasteiger charge is 2.10. The fourth-order valence-electron chi connectivity index (χ4n) is 1.51. The highest BCUT2D eigenvalue weighted by atomic mass is 16.5. The van der Waals surface area contributed by atoms with Crippen molar-refractivity contribution in [3.8, 4) is 11.5 Å². The molecular weight excluding hydrogens is 224 g/mol. The minimum atomic E-state index is -1.01. The maximum Gasteiger partial charge on any atom is 0.305 e. The predicted octanol–water partition coefficient (Wildman–Crippen LogP) is 1.17. The highest BCUT2D eigenvalue weighted by Crippen LogP contribution is 2.26. The Bertz CT molecular complexity index is 388. The number of hydrogen-bond acceptors (Lipinski definition) is 4. The molecule has 0 bridgehead atoms. The summed E-state index contributed by atoms with van der Waals surface area (Å²) in [6.07, 6.45) is -0.215. The monoisotopic (exact) mass is 240 g/mol. The van der Waals surface area contributed by atoms with Crippen molar-refractivity contribution in [1.29, 1.82) is 0 Å². The van der Waals surface area contributed by atoms with Gasteiger partial charge in [0.05, 0.1) is 19.6 Å². The molecule has 0 aliphatic heterocycles. The summed E-state index contributed by atoms with van der Waals surface area (Å²) in [5.74, 6) is -0.585. The van der Waals surface area contributed by atoms with Crippen LogP contribution in [0.15, 0.2) is 18.2 Å². The lowest BCUT2D eigenvalue weighted by Crippen LogP contribution is -2.13. The second-order valence-electron chi connectivity index (χ2n) is 3.80. The lowest BCUT2D eigenvalue weighted by atomic mass is 10.0. The van der Waals surface area contributed by atoms with E-state index in [4.69, 9.17) is 9.84 Å². The van der Waals surface area contributed by atoms with Crippen LogP contribution in [0.25, 0.3) is 0 Å². The molecule has 0 radical (unpaired) electrons. The quantitative estimate of drug-likeness (QED) is 0.694. The highest BCUT2D eigenvalue weighted by molar-refractivity contribution is 5.67. The van der Waals surface area contributed by atoms with Gasteiger partial charge < -0.3 is 20.1 Å². The maximum absolute atomic E-state index is 10.4. The molecule has 0 spiro atoms. The van der Waals surface area contributed by atoms with Crippen LogP contribution in [0.1, 0.15) is 18.4 Å². The van der Waals surface area contributed by atoms with Crippen molar-refractivity contribution in [3.05, 3.63) is 23.8 Å². The SMILES string of the molecule is COc1cc(CCC(O)CC(=O)O)ccc1O. The van der Waals surface area contributed by atoms with Gasteiger partial charge in [-0.25, -0.2) is 0 Å². The summed E-state index contributed by atoms with van der Waals surface area (Å²) in [4.78, 5) is 10.4. The Kier molecular flexibility index (Phi) is 4.78. The molecule has 1 aromatic carbocycles. The zero-order valence-electron chi connectivity index (χ0n) is 9.59. The molecule has 5 heteroatoms. The van der Waals surface area contributed by atoms with Crippen molar-refractivity contribution in [3.63, 3.8) is 0 Å². The van der Waals surface area contributed by atoms with Gasteiger partial charge in [0.1, 0.15) is 0 Å². The predicted molar refractivity (Wildman–Crippen MR) is 61.2 cm³/mol. The number of carbonyl (C=O) groups is 1. The fraction of sp³-hybridized carbons (Fsp3) is 0.417. The van der Waals surface area contributed by atoms with Gasteiger partial charge in [0.2, 0.25) is 0 Å². The van der Waals surface area contributed by atoms with Crippen molar-refractivity contribution >= 4 is 5.97 Å². The lowest BCUT2D eigenvalue weighted by molar-refractivity contribution is -0.139. The molecule has 17 heavy (non-hydrogen) atoms. The minimum absolute atomic E-state index is 0.0577. The zero-order chi connectivity index (χ0) is 12.8. The van der Waals surface area contributed by atoms with E-state index in [-0.39, 0.29) is 12.2 Å². The zero-order valence-corrected chi connectivity index (χ0v) is 9.59. The summed E-state index contributed by atoms with van der Waals surface area (Å²) in [6, 6.07) is 4.89. The molecule has 0 amide bonds. The summed E-state index contributed by atoms with van der Waals surface area (Å²) in [5.41, 5.74) is 0.879. The van der Waals surface area contributed by atoms with Crippen LogP contribution in [-0.2, 0) is 11.2 Å². The average Bonchev–Trinajstić information content (AvgIpc) is 2.27. The molecule has 94 valence electrons. The number of carboxylic acids is 1. The van der Waals surface area contributed by atoms with Crippen molar-refractivity contribution in [2.75, 3.05) is 7.11 Å². The van der Waals surface area contributed by atoms with Gasteiger partial charge in [0, 0.05) is 0 Å². The normalized spacial score (nSPS) is 12.1. The van der Waals surface area contributed by atoms with Gasteiger partial charge in [0.15, 0.2) is 11.5 Å². The molecule has 0 heterocycles. The number of phenols is 1. The number of aliphatic carboxylic acids is 1. The molecule has 0 saturated carbocycles. The standard InChI is InChI=1S/C12H16O5/c1-17-11-6-8(3-5-10(11)14)2-4-9(13)7-12(15)16/h3,5-6,9,13-14H,2,4,7H2,1H3,(H,15,16). The Hall–Kier alpha value is -1.75. The molecular formula is C12H16O5. The van der Waals surface area contributed by atoms with E-state index >= 15 is 0 Å². The Balaban J connectivity index is 2.54. The van der Waals surface area contributed by atoms with Crippen molar-refractivity contribution in [2.24, 2.45) is 0 Å². The van der Waals surface area contributed by atoms with Crippen molar-refractivity contribution in [1.82, 2.24) is 0 Å². The first-order chi connectivity index (χ1) is 8.02. The number of aromatic hydroxyl groups is 1.